The number of aryl methyl sites for hydroxylation is 1. The van der Waals surface area contributed by atoms with Crippen molar-refractivity contribution in [2.45, 2.75) is 44.9 Å². The number of carbonyl (C=O) groups excluding carboxylic acids is 2. The fourth-order valence-corrected chi connectivity index (χ4v) is 4.85. The molecule has 11 heteroatoms. The normalized spacial score (nSPS) is 15.9. The van der Waals surface area contributed by atoms with Gasteiger partial charge in [-0.15, -0.1) is 0 Å². The highest BCUT2D eigenvalue weighted by molar-refractivity contribution is 7.89. The number of rotatable bonds is 6. The Labute approximate surface area is 169 Å². The second-order valence-electron chi connectivity index (χ2n) is 7.52. The molecule has 10 nitrogen and oxygen atoms in total. The van der Waals surface area contributed by atoms with E-state index in [1.54, 1.807) is 6.92 Å². The lowest BCUT2D eigenvalue weighted by atomic mass is 9.98. The first-order valence-electron chi connectivity index (χ1n) is 9.36. The van der Waals surface area contributed by atoms with Gasteiger partial charge in [-0.3, -0.25) is 30.6 Å². The number of nitrogens with zero attached hydrogens (tertiary/aromatic N) is 2. The zero-order chi connectivity index (χ0) is 21.8. The Balaban J connectivity index is 1.99. The number of carbonyl (C=O) groups is 2. The number of hydrogen-bond donors (Lipinski definition) is 2. The van der Waals surface area contributed by atoms with Crippen LogP contribution >= 0.6 is 0 Å². The lowest BCUT2D eigenvalue weighted by molar-refractivity contribution is -0.385. The van der Waals surface area contributed by atoms with Crippen LogP contribution in [0.2, 0.25) is 0 Å². The Morgan fingerprint density at radius 3 is 2.41 bits per heavy atom. The van der Waals surface area contributed by atoms with Crippen LogP contribution in [0.5, 0.6) is 0 Å². The Bertz CT molecular complexity index is 892. The highest BCUT2D eigenvalue weighted by Crippen LogP contribution is 2.28. The molecule has 0 aromatic heterocycles. The van der Waals surface area contributed by atoms with E-state index in [0.717, 1.165) is 6.07 Å². The number of hydrogen-bond acceptors (Lipinski definition) is 6. The lowest BCUT2D eigenvalue weighted by Gasteiger charge is -2.30. The van der Waals surface area contributed by atoms with Crippen LogP contribution < -0.4 is 10.9 Å². The van der Waals surface area contributed by atoms with Crippen molar-refractivity contribution >= 4 is 27.5 Å². The molecule has 1 aliphatic rings. The third-order valence-electron chi connectivity index (χ3n) is 4.74. The number of sulfonamides is 1. The van der Waals surface area contributed by atoms with E-state index in [0.29, 0.717) is 24.8 Å². The van der Waals surface area contributed by atoms with Gasteiger partial charge >= 0.3 is 0 Å². The van der Waals surface area contributed by atoms with Gasteiger partial charge < -0.3 is 0 Å². The molecule has 0 spiro atoms. The van der Waals surface area contributed by atoms with Crippen LogP contribution in [0.25, 0.3) is 0 Å². The molecule has 1 aromatic carbocycles. The van der Waals surface area contributed by atoms with Crippen molar-refractivity contribution in [3.8, 4) is 0 Å². The van der Waals surface area contributed by atoms with Gasteiger partial charge in [0.1, 0.15) is 0 Å². The van der Waals surface area contributed by atoms with E-state index < -0.39 is 20.9 Å². The number of non-ortho nitro benzene ring substituents is 1. The summed E-state index contributed by atoms with van der Waals surface area (Å²) in [6, 6.07) is 3.73. The summed E-state index contributed by atoms with van der Waals surface area (Å²) in [7, 11) is -3.91. The van der Waals surface area contributed by atoms with Crippen molar-refractivity contribution in [3.05, 3.63) is 33.9 Å². The van der Waals surface area contributed by atoms with Crippen molar-refractivity contribution in [3.63, 3.8) is 0 Å². The zero-order valence-corrected chi connectivity index (χ0v) is 17.5. The third-order valence-corrected chi connectivity index (χ3v) is 6.78. The predicted molar refractivity (Wildman–Crippen MR) is 105 cm³/mol. The summed E-state index contributed by atoms with van der Waals surface area (Å²) in [4.78, 5) is 34.1. The van der Waals surface area contributed by atoms with Crippen LogP contribution in [0, 0.1) is 28.9 Å². The number of hydrazine groups is 1. The van der Waals surface area contributed by atoms with E-state index in [1.165, 1.54) is 16.4 Å². The van der Waals surface area contributed by atoms with Gasteiger partial charge in [0.25, 0.3) is 5.69 Å². The molecular weight excluding hydrogens is 400 g/mol. The van der Waals surface area contributed by atoms with Crippen LogP contribution in [0.1, 0.15) is 38.7 Å². The molecule has 2 rings (SSSR count). The molecule has 2 N–H and O–H groups in total. The highest BCUT2D eigenvalue weighted by atomic mass is 32.2. The number of piperidine rings is 1. The van der Waals surface area contributed by atoms with Gasteiger partial charge in [0, 0.05) is 37.6 Å². The minimum atomic E-state index is -3.91. The number of nitro benzene ring substituents is 1. The van der Waals surface area contributed by atoms with Gasteiger partial charge in [-0.1, -0.05) is 19.9 Å². The maximum Gasteiger partial charge on any atom is 0.270 e. The fourth-order valence-electron chi connectivity index (χ4n) is 3.13. The molecule has 0 unspecified atom stereocenters. The molecular formula is C18H26N4O6S. The largest absolute Gasteiger partial charge is 0.273 e. The Kier molecular flexibility index (Phi) is 7.31. The lowest BCUT2D eigenvalue weighted by Crippen LogP contribution is -2.48. The third kappa shape index (κ3) is 5.73. The molecule has 2 amide bonds. The molecule has 0 saturated carbocycles. The Morgan fingerprint density at radius 2 is 1.86 bits per heavy atom. The standard InChI is InChI=1S/C18H26N4O6S/c1-12(2)10-17(23)19-20-18(24)14-6-8-21(9-7-14)29(27,28)16-11-15(22(25)26)5-4-13(16)3/h4-5,11-12,14H,6-10H2,1-3H3,(H,19,23)(H,20,24). The first-order valence-corrected chi connectivity index (χ1v) is 10.8. The van der Waals surface area contributed by atoms with Crippen molar-refractivity contribution in [1.29, 1.82) is 0 Å². The van der Waals surface area contributed by atoms with Crippen LogP contribution in [-0.4, -0.2) is 42.6 Å². The zero-order valence-electron chi connectivity index (χ0n) is 16.7. The van der Waals surface area contributed by atoms with Crippen molar-refractivity contribution in [2.24, 2.45) is 11.8 Å². The summed E-state index contributed by atoms with van der Waals surface area (Å²) in [5.74, 6) is -0.898. The van der Waals surface area contributed by atoms with E-state index in [9.17, 15) is 28.1 Å². The van der Waals surface area contributed by atoms with E-state index in [1.807, 2.05) is 13.8 Å². The molecule has 1 fully saturated rings. The quantitative estimate of drug-likeness (QED) is 0.522. The molecule has 1 heterocycles. The number of nitro groups is 1. The van der Waals surface area contributed by atoms with Gasteiger partial charge in [-0.05, 0) is 31.2 Å². The van der Waals surface area contributed by atoms with Crippen molar-refractivity contribution < 1.29 is 22.9 Å². The van der Waals surface area contributed by atoms with Crippen LogP contribution in [0.4, 0.5) is 5.69 Å². The topological polar surface area (TPSA) is 139 Å². The summed E-state index contributed by atoms with van der Waals surface area (Å²) in [6.07, 6.45) is 0.873. The van der Waals surface area contributed by atoms with Gasteiger partial charge in [0.2, 0.25) is 21.8 Å². The molecule has 29 heavy (non-hydrogen) atoms. The number of benzene rings is 1. The molecule has 0 radical (unpaired) electrons. The maximum atomic E-state index is 12.9. The van der Waals surface area contributed by atoms with Crippen LogP contribution in [0.3, 0.4) is 0 Å². The molecule has 0 aliphatic carbocycles. The minimum absolute atomic E-state index is 0.101. The van der Waals surface area contributed by atoms with Gasteiger partial charge in [-0.2, -0.15) is 4.31 Å². The number of amides is 2. The molecule has 1 aliphatic heterocycles. The van der Waals surface area contributed by atoms with E-state index in [2.05, 4.69) is 10.9 Å². The smallest absolute Gasteiger partial charge is 0.270 e. The average Bonchev–Trinajstić information content (AvgIpc) is 2.65. The Hall–Kier alpha value is -2.53. The minimum Gasteiger partial charge on any atom is -0.273 e. The second-order valence-corrected chi connectivity index (χ2v) is 9.43. The summed E-state index contributed by atoms with van der Waals surface area (Å²) in [6.45, 7) is 5.59. The van der Waals surface area contributed by atoms with Crippen molar-refractivity contribution in [1.82, 2.24) is 15.2 Å². The second kappa shape index (κ2) is 9.31. The van der Waals surface area contributed by atoms with Crippen LogP contribution in [0.15, 0.2) is 23.1 Å². The van der Waals surface area contributed by atoms with E-state index in [4.69, 9.17) is 0 Å². The highest BCUT2D eigenvalue weighted by Gasteiger charge is 2.33. The fraction of sp³-hybridized carbons (Fsp3) is 0.556. The average molecular weight is 426 g/mol. The van der Waals surface area contributed by atoms with Gasteiger partial charge in [0.05, 0.1) is 9.82 Å². The SMILES string of the molecule is Cc1ccc([N+](=O)[O-])cc1S(=O)(=O)N1CCC(C(=O)NNC(=O)CC(C)C)CC1. The van der Waals surface area contributed by atoms with Crippen LogP contribution in [-0.2, 0) is 19.6 Å². The first-order chi connectivity index (χ1) is 13.5. The van der Waals surface area contributed by atoms with Gasteiger partial charge in [0.15, 0.2) is 0 Å². The summed E-state index contributed by atoms with van der Waals surface area (Å²) < 4.78 is 27.1. The summed E-state index contributed by atoms with van der Waals surface area (Å²) >= 11 is 0. The molecule has 1 saturated heterocycles. The van der Waals surface area contributed by atoms with E-state index >= 15 is 0 Å². The Morgan fingerprint density at radius 1 is 1.24 bits per heavy atom. The molecule has 1 aromatic rings. The predicted octanol–water partition coefficient (Wildman–Crippen LogP) is 1.50. The molecule has 160 valence electrons. The molecule has 0 atom stereocenters. The van der Waals surface area contributed by atoms with E-state index in [-0.39, 0.29) is 41.4 Å². The maximum absolute atomic E-state index is 12.9. The van der Waals surface area contributed by atoms with Gasteiger partial charge in [-0.25, -0.2) is 8.42 Å². The first kappa shape index (κ1) is 22.8. The monoisotopic (exact) mass is 426 g/mol. The number of nitrogens with one attached hydrogen (secondary N) is 2. The molecule has 0 bridgehead atoms. The van der Waals surface area contributed by atoms with Crippen molar-refractivity contribution in [2.75, 3.05) is 13.1 Å². The summed E-state index contributed by atoms with van der Waals surface area (Å²) in [5.41, 5.74) is 4.89. The summed E-state index contributed by atoms with van der Waals surface area (Å²) in [5, 5.41) is 11.0.